The highest BCUT2D eigenvalue weighted by atomic mass is 16.3. The van der Waals surface area contributed by atoms with Crippen LogP contribution < -0.4 is 5.32 Å². The van der Waals surface area contributed by atoms with E-state index in [-0.39, 0.29) is 6.61 Å². The van der Waals surface area contributed by atoms with E-state index in [2.05, 4.69) is 19.2 Å². The van der Waals surface area contributed by atoms with Crippen LogP contribution in [0.15, 0.2) is 0 Å². The normalized spacial score (nSPS) is 13.6. The summed E-state index contributed by atoms with van der Waals surface area (Å²) in [7, 11) is 0. The fourth-order valence-corrected chi connectivity index (χ4v) is 6.66. The molecular formula is C41H83NO4. The molecule has 5 heteroatoms. The third-order valence-electron chi connectivity index (χ3n) is 9.98. The summed E-state index contributed by atoms with van der Waals surface area (Å²) < 4.78 is 0. The molecule has 0 saturated heterocycles. The Balaban J connectivity index is 3.60. The van der Waals surface area contributed by atoms with Crippen molar-refractivity contribution in [2.24, 2.45) is 0 Å². The summed E-state index contributed by atoms with van der Waals surface area (Å²) >= 11 is 0. The van der Waals surface area contributed by atoms with Crippen molar-refractivity contribution in [3.63, 3.8) is 0 Å². The fourth-order valence-electron chi connectivity index (χ4n) is 6.66. The van der Waals surface area contributed by atoms with E-state index in [9.17, 15) is 20.1 Å². The summed E-state index contributed by atoms with van der Waals surface area (Å²) in [6.07, 6.45) is 40.9. The molecular weight excluding hydrogens is 570 g/mol. The molecule has 4 N–H and O–H groups in total. The Kier molecular flexibility index (Phi) is 36.6. The number of hydrogen-bond donors (Lipinski definition) is 4. The number of aliphatic hydroxyl groups is 3. The zero-order valence-electron chi connectivity index (χ0n) is 31.2. The molecule has 0 aromatic carbocycles. The molecule has 0 rings (SSSR count). The van der Waals surface area contributed by atoms with E-state index in [1.807, 2.05) is 0 Å². The number of aliphatic hydroxyl groups excluding tert-OH is 3. The second kappa shape index (κ2) is 37.2. The Labute approximate surface area is 287 Å². The number of rotatable bonds is 38. The average molecular weight is 654 g/mol. The van der Waals surface area contributed by atoms with E-state index < -0.39 is 24.2 Å². The number of carbonyl (C=O) groups is 1. The van der Waals surface area contributed by atoms with Crippen molar-refractivity contribution in [1.29, 1.82) is 0 Å². The molecule has 1 amide bonds. The summed E-state index contributed by atoms with van der Waals surface area (Å²) in [5, 5.41) is 33.2. The Morgan fingerprint density at radius 1 is 0.435 bits per heavy atom. The van der Waals surface area contributed by atoms with Gasteiger partial charge in [0, 0.05) is 0 Å². The first kappa shape index (κ1) is 45.3. The second-order valence-electron chi connectivity index (χ2n) is 14.6. The minimum absolute atomic E-state index is 0.308. The van der Waals surface area contributed by atoms with E-state index in [1.165, 1.54) is 173 Å². The van der Waals surface area contributed by atoms with E-state index in [0.29, 0.717) is 12.8 Å². The van der Waals surface area contributed by atoms with Gasteiger partial charge in [-0.3, -0.25) is 4.79 Å². The van der Waals surface area contributed by atoms with Crippen LogP contribution >= 0.6 is 0 Å². The first-order valence-corrected chi connectivity index (χ1v) is 20.8. The predicted molar refractivity (Wildman–Crippen MR) is 199 cm³/mol. The van der Waals surface area contributed by atoms with Crippen LogP contribution in [0.4, 0.5) is 0 Å². The van der Waals surface area contributed by atoms with Crippen LogP contribution in [0.1, 0.15) is 232 Å². The SMILES string of the molecule is CCCCCCCCCCCCCCCCCCCCC(O)C(CO)NC(=O)C(O)CCCCCCCCCCCCCCCC. The summed E-state index contributed by atoms with van der Waals surface area (Å²) in [5.41, 5.74) is 0. The molecule has 0 saturated carbocycles. The van der Waals surface area contributed by atoms with Gasteiger partial charge in [-0.2, -0.15) is 0 Å². The van der Waals surface area contributed by atoms with Crippen LogP contribution in [0.25, 0.3) is 0 Å². The van der Waals surface area contributed by atoms with Gasteiger partial charge in [0.2, 0.25) is 5.91 Å². The van der Waals surface area contributed by atoms with E-state index in [1.54, 1.807) is 0 Å². The highest BCUT2D eigenvalue weighted by Gasteiger charge is 2.23. The first-order valence-electron chi connectivity index (χ1n) is 20.8. The van der Waals surface area contributed by atoms with Gasteiger partial charge in [0.15, 0.2) is 0 Å². The molecule has 0 radical (unpaired) electrons. The molecule has 0 aromatic rings. The summed E-state index contributed by atoms with van der Waals surface area (Å²) in [6, 6.07) is -0.704. The number of hydrogen-bond acceptors (Lipinski definition) is 4. The number of amides is 1. The zero-order valence-corrected chi connectivity index (χ0v) is 31.2. The molecule has 0 spiro atoms. The first-order chi connectivity index (χ1) is 22.6. The van der Waals surface area contributed by atoms with E-state index >= 15 is 0 Å². The highest BCUT2D eigenvalue weighted by molar-refractivity contribution is 5.80. The molecule has 3 atom stereocenters. The van der Waals surface area contributed by atoms with Crippen molar-refractivity contribution >= 4 is 5.91 Å². The molecule has 276 valence electrons. The van der Waals surface area contributed by atoms with Crippen molar-refractivity contribution in [3.05, 3.63) is 0 Å². The van der Waals surface area contributed by atoms with Gasteiger partial charge in [-0.25, -0.2) is 0 Å². The molecule has 0 heterocycles. The van der Waals surface area contributed by atoms with Crippen LogP contribution in [0.3, 0.4) is 0 Å². The van der Waals surface area contributed by atoms with Gasteiger partial charge >= 0.3 is 0 Å². The van der Waals surface area contributed by atoms with Crippen molar-refractivity contribution < 1.29 is 20.1 Å². The van der Waals surface area contributed by atoms with Gasteiger partial charge < -0.3 is 20.6 Å². The molecule has 0 aliphatic carbocycles. The standard InChI is InChI=1S/C41H83NO4/c1-3-5-7-9-11-13-15-17-19-20-21-22-24-25-27-29-31-33-35-39(44)38(37-43)42-41(46)40(45)36-34-32-30-28-26-23-18-16-14-12-10-8-6-4-2/h38-40,43-45H,3-37H2,1-2H3,(H,42,46). The largest absolute Gasteiger partial charge is 0.394 e. The number of nitrogens with one attached hydrogen (secondary N) is 1. The summed E-state index contributed by atoms with van der Waals surface area (Å²) in [4.78, 5) is 12.4. The van der Waals surface area contributed by atoms with Crippen molar-refractivity contribution in [2.75, 3.05) is 6.61 Å². The summed E-state index contributed by atoms with van der Waals surface area (Å²) in [5.74, 6) is -0.467. The van der Waals surface area contributed by atoms with E-state index in [4.69, 9.17) is 0 Å². The average Bonchev–Trinajstić information content (AvgIpc) is 3.06. The Morgan fingerprint density at radius 3 is 0.978 bits per heavy atom. The summed E-state index contributed by atoms with van der Waals surface area (Å²) in [6.45, 7) is 4.24. The Morgan fingerprint density at radius 2 is 0.696 bits per heavy atom. The second-order valence-corrected chi connectivity index (χ2v) is 14.6. The monoisotopic (exact) mass is 654 g/mol. The van der Waals surface area contributed by atoms with Gasteiger partial charge in [-0.05, 0) is 12.8 Å². The predicted octanol–water partition coefficient (Wildman–Crippen LogP) is 11.5. The molecule has 0 aliphatic heterocycles. The maximum atomic E-state index is 12.4. The van der Waals surface area contributed by atoms with Crippen molar-refractivity contribution in [1.82, 2.24) is 5.32 Å². The molecule has 46 heavy (non-hydrogen) atoms. The number of carbonyl (C=O) groups excluding carboxylic acids is 1. The molecule has 0 aliphatic rings. The molecule has 0 aromatic heterocycles. The lowest BCUT2D eigenvalue weighted by Gasteiger charge is -2.23. The van der Waals surface area contributed by atoms with Gasteiger partial charge in [0.1, 0.15) is 6.10 Å². The minimum Gasteiger partial charge on any atom is -0.394 e. The van der Waals surface area contributed by atoms with Crippen molar-refractivity contribution in [3.8, 4) is 0 Å². The quantitative estimate of drug-likeness (QED) is 0.0499. The van der Waals surface area contributed by atoms with Gasteiger partial charge in [-0.15, -0.1) is 0 Å². The third kappa shape index (κ3) is 31.9. The third-order valence-corrected chi connectivity index (χ3v) is 9.98. The van der Waals surface area contributed by atoms with Crippen LogP contribution in [-0.4, -0.2) is 46.1 Å². The van der Waals surface area contributed by atoms with Crippen LogP contribution in [0.5, 0.6) is 0 Å². The lowest BCUT2D eigenvalue weighted by Crippen LogP contribution is -2.49. The number of unbranched alkanes of at least 4 members (excludes halogenated alkanes) is 30. The lowest BCUT2D eigenvalue weighted by atomic mass is 10.0. The molecule has 0 fully saturated rings. The molecule has 5 nitrogen and oxygen atoms in total. The maximum Gasteiger partial charge on any atom is 0.249 e. The molecule has 3 unspecified atom stereocenters. The smallest absolute Gasteiger partial charge is 0.249 e. The van der Waals surface area contributed by atoms with Gasteiger partial charge in [0.25, 0.3) is 0 Å². The molecule has 0 bridgehead atoms. The fraction of sp³-hybridized carbons (Fsp3) is 0.976. The highest BCUT2D eigenvalue weighted by Crippen LogP contribution is 2.17. The van der Waals surface area contributed by atoms with E-state index in [0.717, 1.165) is 32.1 Å². The minimum atomic E-state index is -1.07. The van der Waals surface area contributed by atoms with Crippen molar-refractivity contribution in [2.45, 2.75) is 250 Å². The van der Waals surface area contributed by atoms with Crippen LogP contribution in [0.2, 0.25) is 0 Å². The maximum absolute atomic E-state index is 12.4. The van der Waals surface area contributed by atoms with Crippen LogP contribution in [0, 0.1) is 0 Å². The van der Waals surface area contributed by atoms with Gasteiger partial charge in [-0.1, -0.05) is 219 Å². The topological polar surface area (TPSA) is 89.8 Å². The Bertz CT molecular complexity index is 601. The Hall–Kier alpha value is -0.650. The lowest BCUT2D eigenvalue weighted by molar-refractivity contribution is -0.131. The van der Waals surface area contributed by atoms with Crippen LogP contribution in [-0.2, 0) is 4.79 Å². The zero-order chi connectivity index (χ0) is 33.8. The van der Waals surface area contributed by atoms with Gasteiger partial charge in [0.05, 0.1) is 18.8 Å².